The maximum atomic E-state index is 15.0. The van der Waals surface area contributed by atoms with E-state index >= 15 is 4.79 Å². The summed E-state index contributed by atoms with van der Waals surface area (Å²) in [5, 5.41) is 1.59. The highest BCUT2D eigenvalue weighted by Gasteiger charge is 2.63. The van der Waals surface area contributed by atoms with E-state index in [1.165, 1.54) is 12.0 Å². The van der Waals surface area contributed by atoms with Crippen LogP contribution in [0.5, 0.6) is 11.6 Å². The first kappa shape index (κ1) is 43.7. The zero-order valence-electron chi connectivity index (χ0n) is 33.9. The Hall–Kier alpha value is -3.85. The predicted molar refractivity (Wildman–Crippen MR) is 213 cm³/mol. The molecule has 7 atom stereocenters. The van der Waals surface area contributed by atoms with Gasteiger partial charge >= 0.3 is 5.97 Å². The molecule has 3 heterocycles. The molecule has 1 saturated heterocycles. The Morgan fingerprint density at radius 2 is 1.90 bits per heavy atom. The van der Waals surface area contributed by atoms with Crippen LogP contribution in [0.1, 0.15) is 98.8 Å². The van der Waals surface area contributed by atoms with Gasteiger partial charge in [-0.15, -0.1) is 0 Å². The van der Waals surface area contributed by atoms with Crippen molar-refractivity contribution in [2.45, 2.75) is 128 Å². The van der Waals surface area contributed by atoms with Crippen molar-refractivity contribution in [2.24, 2.45) is 29.1 Å². The van der Waals surface area contributed by atoms with E-state index in [0.717, 1.165) is 13.8 Å². The lowest BCUT2D eigenvalue weighted by molar-refractivity contribution is -0.174. The highest BCUT2D eigenvalue weighted by molar-refractivity contribution is 7.91. The van der Waals surface area contributed by atoms with E-state index in [1.807, 2.05) is 26.0 Å². The molecule has 1 aromatic carbocycles. The third kappa shape index (κ3) is 9.00. The minimum atomic E-state index is -4.01. The number of nitrogens with one attached hydrogen (secondary N) is 1. The van der Waals surface area contributed by atoms with Crippen LogP contribution in [0.4, 0.5) is 8.78 Å². The molecule has 12 nitrogen and oxygen atoms in total. The van der Waals surface area contributed by atoms with E-state index in [0.29, 0.717) is 60.1 Å². The van der Waals surface area contributed by atoms with Crippen LogP contribution in [0.2, 0.25) is 5.02 Å². The molecule has 0 bridgehead atoms. The van der Waals surface area contributed by atoms with Crippen molar-refractivity contribution in [3.63, 3.8) is 0 Å². The second-order valence-electron chi connectivity index (χ2n) is 17.5. The zero-order chi connectivity index (χ0) is 42.4. The number of carbonyl (C=O) groups is 4. The van der Waals surface area contributed by atoms with Gasteiger partial charge in [0.25, 0.3) is 6.43 Å². The van der Waals surface area contributed by atoms with Gasteiger partial charge in [0.05, 0.1) is 47.2 Å². The summed E-state index contributed by atoms with van der Waals surface area (Å²) >= 11 is 6.47. The highest BCUT2D eigenvalue weighted by atomic mass is 35.5. The van der Waals surface area contributed by atoms with Crippen LogP contribution < -0.4 is 14.2 Å². The van der Waals surface area contributed by atoms with E-state index in [1.54, 1.807) is 31.3 Å². The van der Waals surface area contributed by atoms with Gasteiger partial charge in [0, 0.05) is 24.4 Å². The number of methoxy groups -OCH3 is 1. The molecule has 1 N–H and O–H groups in total. The van der Waals surface area contributed by atoms with Gasteiger partial charge in [0.1, 0.15) is 11.9 Å². The molecule has 1 aromatic heterocycles. The van der Waals surface area contributed by atoms with Gasteiger partial charge in [-0.3, -0.25) is 23.9 Å². The summed E-state index contributed by atoms with van der Waals surface area (Å²) in [7, 11) is -2.52. The number of halogens is 3. The van der Waals surface area contributed by atoms with Crippen LogP contribution in [0.15, 0.2) is 36.5 Å². The molecule has 0 radical (unpaired) electrons. The van der Waals surface area contributed by atoms with Crippen molar-refractivity contribution >= 4 is 56.0 Å². The zero-order valence-corrected chi connectivity index (χ0v) is 35.5. The third-order valence-corrected chi connectivity index (χ3v) is 15.2. The number of carbonyl (C=O) groups excluding carboxylic acids is 4. The molecule has 2 saturated carbocycles. The second-order valence-corrected chi connectivity index (χ2v) is 20.1. The number of amides is 2. The van der Waals surface area contributed by atoms with Crippen LogP contribution in [-0.4, -0.2) is 84.4 Å². The molecule has 2 aliphatic carbocycles. The lowest BCUT2D eigenvalue weighted by Crippen LogP contribution is -2.48. The maximum absolute atomic E-state index is 15.0. The molecule has 2 aromatic rings. The van der Waals surface area contributed by atoms with Gasteiger partial charge in [-0.25, -0.2) is 22.2 Å². The molecule has 2 amide bonds. The van der Waals surface area contributed by atoms with Crippen LogP contribution >= 0.6 is 11.6 Å². The number of sulfonamides is 1. The minimum absolute atomic E-state index is 0.00385. The Labute approximate surface area is 343 Å². The van der Waals surface area contributed by atoms with Crippen molar-refractivity contribution in [2.75, 3.05) is 13.7 Å². The monoisotopic (exact) mass is 849 g/mol. The maximum Gasteiger partial charge on any atom is 0.307 e. The molecule has 0 unspecified atom stereocenters. The predicted octanol–water partition coefficient (Wildman–Crippen LogP) is 7.20. The summed E-state index contributed by atoms with van der Waals surface area (Å²) in [4.78, 5) is 62.9. The number of esters is 1. The number of hydrogen-bond acceptors (Lipinski definition) is 10. The SMILES string of the molecule is CC[C@@H]1C[C@@H](C)CC/C=C\[C@@H]2C[C@@]2(C(=O)NS(=O)(=O)C2(C)CC2)CC(=O)[C@@H]2C[C@@H](Oc3nccc4cc(OC)c(Cl)cc34)CN2C(=O)[C@H]1CC(=O)OC(C)(C)C(F)F. The van der Waals surface area contributed by atoms with E-state index < -0.39 is 86.2 Å². The molecular formula is C42H54ClF2N3O9S. The van der Waals surface area contributed by atoms with Gasteiger partial charge < -0.3 is 19.1 Å². The first-order chi connectivity index (χ1) is 27.2. The fourth-order valence-corrected chi connectivity index (χ4v) is 10.0. The van der Waals surface area contributed by atoms with Crippen LogP contribution in [0, 0.1) is 29.1 Å². The topological polar surface area (TPSA) is 158 Å². The Morgan fingerprint density at radius 1 is 1.17 bits per heavy atom. The molecule has 3 fully saturated rings. The van der Waals surface area contributed by atoms with Crippen LogP contribution in [-0.2, 0) is 33.9 Å². The van der Waals surface area contributed by atoms with Crippen LogP contribution in [0.3, 0.4) is 0 Å². The molecule has 58 heavy (non-hydrogen) atoms. The van der Waals surface area contributed by atoms with Gasteiger partial charge in [-0.05, 0) is 101 Å². The standard InChI is InChI=1S/C42H54ClF2N3O9S/c1-7-25-16-24(2)10-8-9-11-27-21-42(27,39(52)47-58(53,54)41(5)13-14-41)22-33(49)32-18-28(56-36-29-19-31(43)34(55-6)17-26(29)12-15-46-36)23-48(32)37(51)30(25)20-35(50)57-40(3,4)38(44)45/h9,11-12,15,17,19,24-25,27-28,30,32,38H,7-8,10,13-14,16,18,20-23H2,1-6H3,(H,47,52)/b11-9-/t24-,25+,27+,28+,30-,32-,42+/m0/s1. The number of ketones is 1. The number of aromatic nitrogens is 1. The molecule has 2 aliphatic heterocycles. The number of alkyl halides is 2. The average molecular weight is 850 g/mol. The molecule has 0 spiro atoms. The number of hydrogen-bond donors (Lipinski definition) is 1. The molecule has 6 rings (SSSR count). The van der Waals surface area contributed by atoms with E-state index in [2.05, 4.69) is 9.71 Å². The Bertz CT molecular complexity index is 2080. The summed E-state index contributed by atoms with van der Waals surface area (Å²) in [5.74, 6) is -3.77. The Morgan fingerprint density at radius 3 is 2.55 bits per heavy atom. The van der Waals surface area contributed by atoms with Crippen molar-refractivity contribution in [3.05, 3.63) is 41.6 Å². The molecular weight excluding hydrogens is 796 g/mol. The summed E-state index contributed by atoms with van der Waals surface area (Å²) in [6.45, 7) is 7.64. The van der Waals surface area contributed by atoms with Crippen molar-refractivity contribution in [1.29, 1.82) is 0 Å². The Balaban J connectivity index is 1.37. The lowest BCUT2D eigenvalue weighted by atomic mass is 9.79. The smallest absolute Gasteiger partial charge is 0.307 e. The largest absolute Gasteiger partial charge is 0.495 e. The van der Waals surface area contributed by atoms with Gasteiger partial charge in [0.15, 0.2) is 11.4 Å². The van der Waals surface area contributed by atoms with E-state index in [9.17, 15) is 31.6 Å². The first-order valence-electron chi connectivity index (χ1n) is 20.1. The van der Waals surface area contributed by atoms with E-state index in [4.69, 9.17) is 25.8 Å². The number of Topliss-reactive ketones (excluding diaryl/α,β-unsaturated/α-hetero) is 1. The minimum Gasteiger partial charge on any atom is -0.495 e. The van der Waals surface area contributed by atoms with Crippen LogP contribution in [0.25, 0.3) is 10.8 Å². The number of allylic oxidation sites excluding steroid dienone is 2. The summed E-state index contributed by atoms with van der Waals surface area (Å²) in [5.41, 5.74) is -3.45. The quantitative estimate of drug-likeness (QED) is 0.181. The van der Waals surface area contributed by atoms with Gasteiger partial charge in [-0.2, -0.15) is 0 Å². The highest BCUT2D eigenvalue weighted by Crippen LogP contribution is 2.58. The first-order valence-corrected chi connectivity index (χ1v) is 22.0. The number of fused-ring (bicyclic) bond motifs is 3. The van der Waals surface area contributed by atoms with Gasteiger partial charge in [0.2, 0.25) is 27.7 Å². The summed E-state index contributed by atoms with van der Waals surface area (Å²) < 4.78 is 72.4. The second kappa shape index (κ2) is 16.7. The molecule has 16 heteroatoms. The molecule has 4 aliphatic rings. The average Bonchev–Trinajstić information content (AvgIpc) is 4.04. The number of nitrogens with zero attached hydrogens (tertiary/aromatic N) is 2. The summed E-state index contributed by atoms with van der Waals surface area (Å²) in [6, 6.07) is 4.01. The third-order valence-electron chi connectivity index (χ3n) is 12.7. The lowest BCUT2D eigenvalue weighted by Gasteiger charge is -2.34. The number of pyridine rings is 1. The van der Waals surface area contributed by atoms with Crippen molar-refractivity contribution in [1.82, 2.24) is 14.6 Å². The fraction of sp³-hybridized carbons (Fsp3) is 0.643. The van der Waals surface area contributed by atoms with Gasteiger partial charge in [-0.1, -0.05) is 44.0 Å². The number of benzene rings is 1. The molecule has 318 valence electrons. The van der Waals surface area contributed by atoms with Crippen molar-refractivity contribution < 1.29 is 50.6 Å². The summed E-state index contributed by atoms with van der Waals surface area (Å²) in [6.07, 6.45) is 4.27. The fourth-order valence-electron chi connectivity index (χ4n) is 8.46. The van der Waals surface area contributed by atoms with E-state index in [-0.39, 0.29) is 43.5 Å². The number of ether oxygens (including phenoxy) is 3. The number of rotatable bonds is 11. The normalized spacial score (nSPS) is 29.4. The Kier molecular flexibility index (Phi) is 12.6. The van der Waals surface area contributed by atoms with Crippen molar-refractivity contribution in [3.8, 4) is 11.6 Å².